The van der Waals surface area contributed by atoms with Gasteiger partial charge in [0.15, 0.2) is 0 Å². The first-order valence-electron chi connectivity index (χ1n) is 11.5. The maximum absolute atomic E-state index is 12.6. The van der Waals surface area contributed by atoms with Crippen LogP contribution < -0.4 is 10.1 Å². The molecular weight excluding hydrogens is 456 g/mol. The van der Waals surface area contributed by atoms with Crippen LogP contribution >= 0.6 is 11.8 Å². The summed E-state index contributed by atoms with van der Waals surface area (Å²) in [6, 6.07) is 31.8. The summed E-state index contributed by atoms with van der Waals surface area (Å²) >= 11 is 1.49. The van der Waals surface area contributed by atoms with Gasteiger partial charge in [-0.25, -0.2) is 4.98 Å². The van der Waals surface area contributed by atoms with Gasteiger partial charge in [-0.1, -0.05) is 60.7 Å². The topological polar surface area (TPSA) is 60.5 Å². The fourth-order valence-corrected chi connectivity index (χ4v) is 4.66. The highest BCUT2D eigenvalue weighted by Gasteiger charge is 2.23. The van der Waals surface area contributed by atoms with Crippen LogP contribution in [0.5, 0.6) is 5.88 Å². The maximum atomic E-state index is 12.6. The van der Waals surface area contributed by atoms with Crippen LogP contribution in [0.15, 0.2) is 102 Å². The molecule has 178 valence electrons. The fraction of sp³-hybridized carbons (Fsp3) is 0.172. The first-order chi connectivity index (χ1) is 17.2. The molecule has 1 atom stereocenters. The number of pyridine rings is 1. The number of nitrogens with one attached hydrogen (secondary N) is 1. The Kier molecular flexibility index (Phi) is 8.41. The van der Waals surface area contributed by atoms with E-state index in [1.54, 1.807) is 7.11 Å². The molecule has 0 saturated heterocycles. The van der Waals surface area contributed by atoms with Gasteiger partial charge in [-0.15, -0.1) is 11.8 Å². The number of hydrogen-bond acceptors (Lipinski definition) is 6. The van der Waals surface area contributed by atoms with Crippen LogP contribution in [0, 0.1) is 0 Å². The number of thioether (sulfide) groups is 1. The molecule has 35 heavy (non-hydrogen) atoms. The van der Waals surface area contributed by atoms with Crippen molar-refractivity contribution in [1.82, 2.24) is 4.98 Å². The number of nitrogens with zero attached hydrogens (tertiary/aromatic N) is 1. The van der Waals surface area contributed by atoms with Gasteiger partial charge in [0.25, 0.3) is 0 Å². The van der Waals surface area contributed by atoms with E-state index in [0.717, 1.165) is 33.0 Å². The van der Waals surface area contributed by atoms with Crippen LogP contribution in [0.4, 0.5) is 5.69 Å². The van der Waals surface area contributed by atoms with Crippen LogP contribution in [-0.2, 0) is 16.1 Å². The number of benzene rings is 3. The average Bonchev–Trinajstić information content (AvgIpc) is 2.92. The lowest BCUT2D eigenvalue weighted by Crippen LogP contribution is -2.13. The summed E-state index contributed by atoms with van der Waals surface area (Å²) < 4.78 is 10.9. The van der Waals surface area contributed by atoms with E-state index in [2.05, 4.69) is 10.3 Å². The number of rotatable bonds is 10. The fourth-order valence-electron chi connectivity index (χ4n) is 3.63. The second kappa shape index (κ2) is 12.1. The molecule has 1 heterocycles. The molecule has 6 heteroatoms. The van der Waals surface area contributed by atoms with E-state index in [4.69, 9.17) is 9.47 Å². The molecule has 4 rings (SSSR count). The summed E-state index contributed by atoms with van der Waals surface area (Å²) in [5.74, 6) is 0.371. The van der Waals surface area contributed by atoms with Gasteiger partial charge in [-0.3, -0.25) is 4.79 Å². The summed E-state index contributed by atoms with van der Waals surface area (Å²) in [4.78, 5) is 18.2. The van der Waals surface area contributed by atoms with E-state index in [-0.39, 0.29) is 5.97 Å². The van der Waals surface area contributed by atoms with Crippen molar-refractivity contribution >= 4 is 23.4 Å². The Hall–Kier alpha value is -3.77. The summed E-state index contributed by atoms with van der Waals surface area (Å²) in [7, 11) is 1.64. The lowest BCUT2D eigenvalue weighted by Gasteiger charge is -2.16. The standard InChI is InChI=1S/C29H28N2O3S/c1-3-34-29(32)27(22-12-8-5-9-13-22)35-25-17-15-24(16-18-25)30-20-23-14-19-26(31-28(23)33-2)21-10-6-4-7-11-21/h4-19,27,30H,3,20H2,1-2H3. The molecule has 0 aliphatic heterocycles. The molecule has 1 unspecified atom stereocenters. The maximum Gasteiger partial charge on any atom is 0.323 e. The number of aromatic nitrogens is 1. The monoisotopic (exact) mass is 484 g/mol. The summed E-state index contributed by atoms with van der Waals surface area (Å²) in [6.45, 7) is 2.76. The van der Waals surface area contributed by atoms with Gasteiger partial charge in [0.1, 0.15) is 5.25 Å². The Bertz CT molecular complexity index is 1230. The highest BCUT2D eigenvalue weighted by molar-refractivity contribution is 8.00. The van der Waals surface area contributed by atoms with Crippen LogP contribution in [0.3, 0.4) is 0 Å². The second-order valence-electron chi connectivity index (χ2n) is 7.77. The molecule has 0 bridgehead atoms. The highest BCUT2D eigenvalue weighted by Crippen LogP contribution is 2.36. The molecule has 1 aromatic heterocycles. The first-order valence-corrected chi connectivity index (χ1v) is 12.4. The summed E-state index contributed by atoms with van der Waals surface area (Å²) in [6.07, 6.45) is 0. The zero-order valence-electron chi connectivity index (χ0n) is 19.8. The summed E-state index contributed by atoms with van der Waals surface area (Å²) in [5.41, 5.74) is 4.79. The van der Waals surface area contributed by atoms with E-state index in [1.165, 1.54) is 11.8 Å². The molecule has 0 aliphatic rings. The quantitative estimate of drug-likeness (QED) is 0.198. The Labute approximate surface area is 210 Å². The minimum atomic E-state index is -0.409. The van der Waals surface area contributed by atoms with Crippen molar-refractivity contribution in [2.45, 2.75) is 23.6 Å². The lowest BCUT2D eigenvalue weighted by molar-refractivity contribution is -0.142. The molecule has 1 N–H and O–H groups in total. The van der Waals surface area contributed by atoms with E-state index < -0.39 is 5.25 Å². The molecule has 0 spiro atoms. The zero-order chi connectivity index (χ0) is 24.5. The average molecular weight is 485 g/mol. The number of esters is 1. The van der Waals surface area contributed by atoms with Crippen molar-refractivity contribution in [2.24, 2.45) is 0 Å². The molecule has 3 aromatic carbocycles. The Morgan fingerprint density at radius 2 is 1.60 bits per heavy atom. The van der Waals surface area contributed by atoms with Gasteiger partial charge in [0, 0.05) is 28.3 Å². The smallest absolute Gasteiger partial charge is 0.323 e. The first kappa shape index (κ1) is 24.4. The number of ether oxygens (including phenoxy) is 2. The Morgan fingerprint density at radius 3 is 2.26 bits per heavy atom. The van der Waals surface area contributed by atoms with E-state index in [0.29, 0.717) is 19.0 Å². The molecule has 0 saturated carbocycles. The van der Waals surface area contributed by atoms with Gasteiger partial charge >= 0.3 is 5.97 Å². The molecule has 4 aromatic rings. The SMILES string of the molecule is CCOC(=O)C(Sc1ccc(NCc2ccc(-c3ccccc3)nc2OC)cc1)c1ccccc1. The minimum absolute atomic E-state index is 0.232. The molecule has 0 amide bonds. The number of anilines is 1. The molecule has 0 radical (unpaired) electrons. The Morgan fingerprint density at radius 1 is 0.914 bits per heavy atom. The molecular formula is C29H28N2O3S. The van der Waals surface area contributed by atoms with Crippen molar-refractivity contribution in [1.29, 1.82) is 0 Å². The van der Waals surface area contributed by atoms with Crippen LogP contribution in [0.2, 0.25) is 0 Å². The zero-order valence-corrected chi connectivity index (χ0v) is 20.6. The van der Waals surface area contributed by atoms with E-state index in [1.807, 2.05) is 104 Å². The third-order valence-corrected chi connectivity index (χ3v) is 6.64. The van der Waals surface area contributed by atoms with Gasteiger partial charge in [-0.05, 0) is 48.9 Å². The van der Waals surface area contributed by atoms with E-state index >= 15 is 0 Å². The van der Waals surface area contributed by atoms with Crippen molar-refractivity contribution < 1.29 is 14.3 Å². The third kappa shape index (κ3) is 6.43. The van der Waals surface area contributed by atoms with Crippen LogP contribution in [0.1, 0.15) is 23.3 Å². The molecule has 0 fully saturated rings. The van der Waals surface area contributed by atoms with Crippen molar-refractivity contribution in [3.63, 3.8) is 0 Å². The lowest BCUT2D eigenvalue weighted by atomic mass is 10.1. The highest BCUT2D eigenvalue weighted by atomic mass is 32.2. The number of carbonyl (C=O) groups excluding carboxylic acids is 1. The van der Waals surface area contributed by atoms with Crippen molar-refractivity contribution in [3.05, 3.63) is 108 Å². The predicted octanol–water partition coefficient (Wildman–Crippen LogP) is 6.77. The van der Waals surface area contributed by atoms with Crippen LogP contribution in [0.25, 0.3) is 11.3 Å². The van der Waals surface area contributed by atoms with E-state index in [9.17, 15) is 4.79 Å². The Balaban J connectivity index is 1.42. The van der Waals surface area contributed by atoms with Gasteiger partial charge in [0.2, 0.25) is 5.88 Å². The van der Waals surface area contributed by atoms with Gasteiger partial charge in [-0.2, -0.15) is 0 Å². The molecule has 5 nitrogen and oxygen atoms in total. The minimum Gasteiger partial charge on any atom is -0.481 e. The third-order valence-electron chi connectivity index (χ3n) is 5.40. The van der Waals surface area contributed by atoms with Crippen LogP contribution in [-0.4, -0.2) is 24.7 Å². The van der Waals surface area contributed by atoms with Crippen molar-refractivity contribution in [2.75, 3.05) is 19.0 Å². The number of methoxy groups -OCH3 is 1. The molecule has 0 aliphatic carbocycles. The normalized spacial score (nSPS) is 11.5. The van der Waals surface area contributed by atoms with Gasteiger partial charge in [0.05, 0.1) is 19.4 Å². The largest absolute Gasteiger partial charge is 0.481 e. The summed E-state index contributed by atoms with van der Waals surface area (Å²) in [5, 5.41) is 3.02. The van der Waals surface area contributed by atoms with Crippen molar-refractivity contribution in [3.8, 4) is 17.1 Å². The number of hydrogen-bond donors (Lipinski definition) is 1. The number of carbonyl (C=O) groups is 1. The van der Waals surface area contributed by atoms with Gasteiger partial charge < -0.3 is 14.8 Å². The predicted molar refractivity (Wildman–Crippen MR) is 142 cm³/mol. The second-order valence-corrected chi connectivity index (χ2v) is 8.95.